The average Bonchev–Trinajstić information content (AvgIpc) is 1.68. The number of methoxy groups -OCH3 is 3. The number of aliphatic hydroxyl groups excluding tert-OH is 1. The molecular formula is C75H117N7O27. The van der Waals surface area contributed by atoms with Gasteiger partial charge in [0.1, 0.15) is 36.6 Å². The van der Waals surface area contributed by atoms with Crippen molar-refractivity contribution in [1.82, 2.24) is 30.8 Å². The number of nitrogens with one attached hydrogen (secondary N) is 4. The lowest BCUT2D eigenvalue weighted by Crippen LogP contribution is -2.64. The molecule has 0 aromatic heterocycles. The van der Waals surface area contributed by atoms with Gasteiger partial charge in [0, 0.05) is 66.9 Å². The Hall–Kier alpha value is -8.35. The van der Waals surface area contributed by atoms with Crippen LogP contribution in [0.1, 0.15) is 140 Å². The van der Waals surface area contributed by atoms with Crippen LogP contribution in [-0.4, -0.2) is 266 Å². The van der Waals surface area contributed by atoms with E-state index >= 15 is 4.79 Å². The van der Waals surface area contributed by atoms with E-state index in [0.717, 1.165) is 32.8 Å². The van der Waals surface area contributed by atoms with Gasteiger partial charge in [0.05, 0.1) is 109 Å². The van der Waals surface area contributed by atoms with Crippen molar-refractivity contribution in [1.29, 1.82) is 0 Å². The zero-order valence-corrected chi connectivity index (χ0v) is 66.4. The maximum atomic E-state index is 15.1. The lowest BCUT2D eigenvalue weighted by Gasteiger charge is -2.43. The number of hydrogen-bond acceptors (Lipinski definition) is 27. The Morgan fingerprint density at radius 2 is 1.28 bits per heavy atom. The Labute approximate surface area is 638 Å². The molecule has 4 rings (SSSR count). The zero-order chi connectivity index (χ0) is 81.4. The number of carbonyl (C=O) groups excluding carboxylic acids is 11. The summed E-state index contributed by atoms with van der Waals surface area (Å²) in [6.07, 6.45) is -11.7. The number of esters is 4. The summed E-state index contributed by atoms with van der Waals surface area (Å²) < 4.78 is 78.9. The first-order chi connectivity index (χ1) is 51.5. The second-order valence-electron chi connectivity index (χ2n) is 28.3. The normalized spacial score (nSPS) is 19.6. The predicted molar refractivity (Wildman–Crippen MR) is 390 cm³/mol. The Morgan fingerprint density at radius 1 is 0.697 bits per heavy atom. The third-order valence-corrected chi connectivity index (χ3v) is 18.1. The second kappa shape index (κ2) is 46.3. The third kappa shape index (κ3) is 29.8. The number of hydroxylamine groups is 1. The molecule has 34 nitrogen and oxygen atoms in total. The van der Waals surface area contributed by atoms with E-state index in [1.54, 1.807) is 98.5 Å². The minimum Gasteiger partial charge on any atom is -0.467 e. The predicted octanol–water partition coefficient (Wildman–Crippen LogP) is 5.11. The number of carbonyl (C=O) groups is 11. The van der Waals surface area contributed by atoms with Gasteiger partial charge in [-0.3, -0.25) is 48.1 Å². The molecule has 109 heavy (non-hydrogen) atoms. The standard InChI is InChI=1S/C75H117N7O27/c1-20-45(6)61(56(95-17)40-58(87)82-30-24-27-54(82)63(96-18)46(7)68(89)76-47(8)62(88)51-25-22-21-23-26-51)80(15)70(91)59(43(2)3)78-69(90)60(44(4)5)81(16)74(94)102-41-52-39-53(77-57(86)42-101-36-35-99-32-31-98-33-34-100-37-38-103-79-73(93)109-75(12,13)14)28-29-55(52)107-72-67(106-50(11)85)65(105-49(10)84)64(104-48(9)83)66(108-72)71(92)97-19/h21-23,25-26,28-29,39,43-47,54,56,59-67,72,88H,20,24,27,30-38,40-42H2,1-19H3,(H,76,89)(H,77,86)(H,78,90)(H,79,93)/t45-,46+,47+,54-,56+,59-,60-,61-,62+,63+,64?,65?,66?,67?,72?/m0/s1. The number of aliphatic hydroxyl groups is 1. The molecule has 614 valence electrons. The van der Waals surface area contributed by atoms with Gasteiger partial charge in [-0.2, -0.15) is 5.48 Å². The fourth-order valence-electron chi connectivity index (χ4n) is 12.6. The van der Waals surface area contributed by atoms with Crippen molar-refractivity contribution >= 4 is 71.3 Å². The van der Waals surface area contributed by atoms with Crippen molar-refractivity contribution in [2.75, 3.05) is 107 Å². The molecule has 0 radical (unpaired) electrons. The molecule has 2 heterocycles. The third-order valence-electron chi connectivity index (χ3n) is 18.1. The summed E-state index contributed by atoms with van der Waals surface area (Å²) in [5.74, 6) is -8.77. The SMILES string of the molecule is CC[C@H](C)[C@@H]([C@@H](CC(=O)N1CCC[C@H]1[C@H](OC)[C@@H](C)C(=O)N[C@H](C)[C@@H](O)c1ccccc1)OC)N(C)C(=O)[C@@H](NC(=O)[C@H](C(C)C)N(C)C(=O)OCc1cc(NC(=O)COCCOCCOCCOCCONC(=O)OC(C)(C)C)ccc1OC1OC(C(=O)OC)C(OC(C)=O)C(OC(C)=O)C1OC(C)=O)C(C)C. The first-order valence-corrected chi connectivity index (χ1v) is 36.6. The first kappa shape index (κ1) is 93.0. The van der Waals surface area contributed by atoms with E-state index in [1.165, 1.54) is 44.4 Å². The topological polar surface area (TPSA) is 404 Å². The molecule has 0 bridgehead atoms. The number of nitrogens with zero attached hydrogens (tertiary/aromatic N) is 3. The number of ether oxygens (including phenoxy) is 14. The molecule has 7 amide bonds. The number of anilines is 1. The van der Waals surface area contributed by atoms with E-state index in [9.17, 15) is 53.1 Å². The monoisotopic (exact) mass is 1550 g/mol. The molecular weight excluding hydrogens is 1430 g/mol. The highest BCUT2D eigenvalue weighted by Gasteiger charge is 2.56. The van der Waals surface area contributed by atoms with Crippen molar-refractivity contribution in [2.45, 2.75) is 214 Å². The van der Waals surface area contributed by atoms with Gasteiger partial charge in [-0.1, -0.05) is 85.2 Å². The van der Waals surface area contributed by atoms with Crippen LogP contribution in [-0.2, 0) is 116 Å². The lowest BCUT2D eigenvalue weighted by atomic mass is 9.89. The van der Waals surface area contributed by atoms with Gasteiger partial charge < -0.3 is 97.2 Å². The Bertz CT molecular complexity index is 3250. The molecule has 2 saturated heterocycles. The van der Waals surface area contributed by atoms with Gasteiger partial charge >= 0.3 is 36.1 Å². The average molecular weight is 1550 g/mol. The molecule has 2 aromatic carbocycles. The lowest BCUT2D eigenvalue weighted by molar-refractivity contribution is -0.282. The minimum absolute atomic E-state index is 0.00448. The molecule has 0 saturated carbocycles. The van der Waals surface area contributed by atoms with Crippen LogP contribution < -0.4 is 26.2 Å². The van der Waals surface area contributed by atoms with Gasteiger partial charge in [0.25, 0.3) is 0 Å². The van der Waals surface area contributed by atoms with Crippen LogP contribution >= 0.6 is 0 Å². The smallest absolute Gasteiger partial charge is 0.431 e. The summed E-state index contributed by atoms with van der Waals surface area (Å²) >= 11 is 0. The van der Waals surface area contributed by atoms with E-state index in [2.05, 4.69) is 21.4 Å². The van der Waals surface area contributed by atoms with Crippen LogP contribution in [0.5, 0.6) is 5.75 Å². The van der Waals surface area contributed by atoms with Crippen molar-refractivity contribution in [2.24, 2.45) is 23.7 Å². The number of benzene rings is 2. The van der Waals surface area contributed by atoms with E-state index in [1.807, 2.05) is 19.9 Å². The summed E-state index contributed by atoms with van der Waals surface area (Å²) in [4.78, 5) is 158. The fraction of sp³-hybridized carbons (Fsp3) is 0.693. The summed E-state index contributed by atoms with van der Waals surface area (Å²) in [6.45, 7) is 22.9. The van der Waals surface area contributed by atoms with Crippen LogP contribution in [0.2, 0.25) is 0 Å². The summed E-state index contributed by atoms with van der Waals surface area (Å²) in [6, 6.07) is 8.71. The summed E-state index contributed by atoms with van der Waals surface area (Å²) in [5.41, 5.74) is 2.23. The quantitative estimate of drug-likeness (QED) is 0.0249. The zero-order valence-electron chi connectivity index (χ0n) is 66.4. The van der Waals surface area contributed by atoms with Gasteiger partial charge in [-0.05, 0) is 82.1 Å². The van der Waals surface area contributed by atoms with Crippen LogP contribution in [0.25, 0.3) is 0 Å². The second-order valence-corrected chi connectivity index (χ2v) is 28.3. The van der Waals surface area contributed by atoms with E-state index < -0.39 is 170 Å². The van der Waals surface area contributed by atoms with Crippen molar-refractivity contribution < 1.29 is 129 Å². The summed E-state index contributed by atoms with van der Waals surface area (Å²) in [5, 5.41) is 19.5. The van der Waals surface area contributed by atoms with Crippen molar-refractivity contribution in [3.05, 3.63) is 59.7 Å². The number of hydrogen-bond donors (Lipinski definition) is 5. The number of likely N-dealkylation sites (tertiary alicyclic amines) is 1. The van der Waals surface area contributed by atoms with Crippen molar-refractivity contribution in [3.8, 4) is 5.75 Å². The maximum Gasteiger partial charge on any atom is 0.431 e. The van der Waals surface area contributed by atoms with Crippen LogP contribution in [0.15, 0.2) is 48.5 Å². The largest absolute Gasteiger partial charge is 0.467 e. The van der Waals surface area contributed by atoms with Gasteiger partial charge in [0.15, 0.2) is 18.3 Å². The fourth-order valence-corrected chi connectivity index (χ4v) is 12.6. The van der Waals surface area contributed by atoms with Gasteiger partial charge in [-0.15, -0.1) is 0 Å². The minimum atomic E-state index is -1.87. The Balaban J connectivity index is 1.52. The van der Waals surface area contributed by atoms with E-state index in [4.69, 9.17) is 71.2 Å². The van der Waals surface area contributed by atoms with Gasteiger partial charge in [0.2, 0.25) is 41.9 Å². The van der Waals surface area contributed by atoms with Crippen LogP contribution in [0.3, 0.4) is 0 Å². The first-order valence-electron chi connectivity index (χ1n) is 36.6. The molecule has 0 aliphatic carbocycles. The van der Waals surface area contributed by atoms with Crippen LogP contribution in [0.4, 0.5) is 15.3 Å². The summed E-state index contributed by atoms with van der Waals surface area (Å²) in [7, 11) is 6.88. The number of likely N-dealkylation sites (N-methyl/N-ethyl adjacent to an activating group) is 2. The molecule has 5 N–H and O–H groups in total. The van der Waals surface area contributed by atoms with Crippen LogP contribution in [0, 0.1) is 23.7 Å². The molecule has 2 aliphatic rings. The highest BCUT2D eigenvalue weighted by molar-refractivity contribution is 5.93. The van der Waals surface area contributed by atoms with Gasteiger partial charge in [-0.25, -0.2) is 14.4 Å². The highest BCUT2D eigenvalue weighted by atomic mass is 16.7. The van der Waals surface area contributed by atoms with Crippen molar-refractivity contribution in [3.63, 3.8) is 0 Å². The van der Waals surface area contributed by atoms with E-state index in [-0.39, 0.29) is 94.0 Å². The molecule has 34 heteroatoms. The Kier molecular flexibility index (Phi) is 39.6. The molecule has 5 unspecified atom stereocenters. The molecule has 2 aliphatic heterocycles. The van der Waals surface area contributed by atoms with E-state index in [0.29, 0.717) is 31.4 Å². The molecule has 2 fully saturated rings. The number of rotatable bonds is 44. The molecule has 0 spiro atoms. The molecule has 15 atom stereocenters. The Morgan fingerprint density at radius 3 is 1.83 bits per heavy atom. The number of amides is 7. The highest BCUT2D eigenvalue weighted by Crippen LogP contribution is 2.35. The maximum absolute atomic E-state index is 15.1. The molecule has 2 aromatic rings.